The summed E-state index contributed by atoms with van der Waals surface area (Å²) in [7, 11) is 0. The van der Waals surface area contributed by atoms with Crippen LogP contribution in [0.4, 0.5) is 0 Å². The van der Waals surface area contributed by atoms with Crippen molar-refractivity contribution in [1.29, 1.82) is 0 Å². The molecule has 1 amide bonds. The highest BCUT2D eigenvalue weighted by molar-refractivity contribution is 5.76. The summed E-state index contributed by atoms with van der Waals surface area (Å²) >= 11 is 0. The minimum Gasteiger partial charge on any atom is -0.466 e. The first-order chi connectivity index (χ1) is 34.4. The van der Waals surface area contributed by atoms with Gasteiger partial charge in [0.2, 0.25) is 5.91 Å². The minimum atomic E-state index is -1.02. The van der Waals surface area contributed by atoms with Crippen molar-refractivity contribution in [3.63, 3.8) is 0 Å². The smallest absolute Gasteiger partial charge is 0.305 e. The van der Waals surface area contributed by atoms with E-state index < -0.39 is 18.2 Å². The van der Waals surface area contributed by atoms with Crippen LogP contribution < -0.4 is 5.32 Å². The Hall–Kier alpha value is -1.96. The Bertz CT molecular complexity index is 1150. The van der Waals surface area contributed by atoms with E-state index in [1.807, 2.05) is 0 Å². The molecule has 0 aromatic rings. The number of nitrogens with one attached hydrogen (secondary N) is 1. The molecule has 0 aliphatic rings. The highest BCUT2D eigenvalue weighted by Crippen LogP contribution is 2.17. The molecule has 3 atom stereocenters. The second-order valence-corrected chi connectivity index (χ2v) is 21.2. The number of amides is 1. The monoisotopic (exact) mass is 986 g/mol. The number of aliphatic hydroxyl groups is 3. The molecule has 0 fully saturated rings. The molecule has 0 unspecified atom stereocenters. The average Bonchev–Trinajstić information content (AvgIpc) is 3.36. The Kier molecular flexibility index (Phi) is 56.3. The van der Waals surface area contributed by atoms with Gasteiger partial charge in [-0.1, -0.05) is 288 Å². The molecule has 0 saturated heterocycles. The molecule has 0 heterocycles. The number of unbranched alkanes of at least 4 members (excludes halogenated alkanes) is 40. The second kappa shape index (κ2) is 57.9. The van der Waals surface area contributed by atoms with Gasteiger partial charge in [-0.2, -0.15) is 0 Å². The predicted molar refractivity (Wildman–Crippen MR) is 302 cm³/mol. The maximum Gasteiger partial charge on any atom is 0.305 e. The Balaban J connectivity index is 3.43. The van der Waals surface area contributed by atoms with Gasteiger partial charge in [0.1, 0.15) is 0 Å². The van der Waals surface area contributed by atoms with Gasteiger partial charge in [0.05, 0.1) is 31.5 Å². The fourth-order valence-corrected chi connectivity index (χ4v) is 9.45. The van der Waals surface area contributed by atoms with E-state index in [1.54, 1.807) is 6.08 Å². The summed E-state index contributed by atoms with van der Waals surface area (Å²) in [5.41, 5.74) is 0. The molecule has 7 heteroatoms. The van der Waals surface area contributed by atoms with Gasteiger partial charge in [-0.3, -0.25) is 9.59 Å². The predicted octanol–water partition coefficient (Wildman–Crippen LogP) is 18.2. The van der Waals surface area contributed by atoms with Crippen molar-refractivity contribution in [3.05, 3.63) is 36.5 Å². The Morgan fingerprint density at radius 3 is 1.23 bits per heavy atom. The van der Waals surface area contributed by atoms with Gasteiger partial charge in [0.25, 0.3) is 0 Å². The lowest BCUT2D eigenvalue weighted by Gasteiger charge is -2.20. The lowest BCUT2D eigenvalue weighted by molar-refractivity contribution is -0.143. The summed E-state index contributed by atoms with van der Waals surface area (Å²) in [5, 5.41) is 33.3. The van der Waals surface area contributed by atoms with Gasteiger partial charge in [0.15, 0.2) is 0 Å². The molecule has 0 aliphatic heterocycles. The zero-order valence-corrected chi connectivity index (χ0v) is 46.6. The Morgan fingerprint density at radius 1 is 0.429 bits per heavy atom. The van der Waals surface area contributed by atoms with Gasteiger partial charge in [-0.15, -0.1) is 0 Å². The van der Waals surface area contributed by atoms with Crippen molar-refractivity contribution >= 4 is 11.9 Å². The third-order valence-corrected chi connectivity index (χ3v) is 14.2. The van der Waals surface area contributed by atoms with Crippen molar-refractivity contribution in [2.75, 3.05) is 13.2 Å². The zero-order valence-electron chi connectivity index (χ0n) is 46.6. The van der Waals surface area contributed by atoms with Crippen LogP contribution in [0.1, 0.15) is 322 Å². The molecule has 412 valence electrons. The number of aliphatic hydroxyl groups excluding tert-OH is 3. The molecule has 0 radical (unpaired) electrons. The topological polar surface area (TPSA) is 116 Å². The number of carbonyl (C=O) groups excluding carboxylic acids is 2. The molecule has 0 spiro atoms. The molecule has 0 saturated carbocycles. The number of ether oxygens (including phenoxy) is 1. The first-order valence-corrected chi connectivity index (χ1v) is 30.8. The number of hydrogen-bond acceptors (Lipinski definition) is 6. The molecule has 4 N–H and O–H groups in total. The summed E-state index contributed by atoms with van der Waals surface area (Å²) in [6.45, 7) is 4.77. The van der Waals surface area contributed by atoms with Crippen molar-refractivity contribution in [2.24, 2.45) is 0 Å². The summed E-state index contributed by atoms with van der Waals surface area (Å²) in [6, 6.07) is -0.749. The standard InChI is InChI=1S/C63H119NO6/c1-3-5-7-9-11-13-15-16-27-31-34-38-42-46-50-54-63(69)70-57-51-47-43-39-35-32-29-26-24-22-20-18-17-19-21-23-25-28-30-33-37-41-45-49-53-62(68)64-60(58-65)61(67)56-55-59(66)52-48-44-40-36-14-12-10-8-6-4-2/h11,13,16,27,55-56,59-61,65-67H,3-10,12,14-15,17-26,28-54,57-58H2,1-2H3,(H,64,68)/b13-11-,27-16-,56-55+/t59-,60+,61-/m1/s1. The normalized spacial score (nSPS) is 13.3. The van der Waals surface area contributed by atoms with E-state index in [4.69, 9.17) is 4.74 Å². The van der Waals surface area contributed by atoms with Gasteiger partial charge in [-0.25, -0.2) is 0 Å². The fourth-order valence-electron chi connectivity index (χ4n) is 9.45. The van der Waals surface area contributed by atoms with Crippen LogP contribution in [0.25, 0.3) is 0 Å². The third kappa shape index (κ3) is 53.8. The van der Waals surface area contributed by atoms with E-state index in [9.17, 15) is 24.9 Å². The van der Waals surface area contributed by atoms with E-state index in [-0.39, 0.29) is 18.5 Å². The van der Waals surface area contributed by atoms with Crippen molar-refractivity contribution < 1.29 is 29.6 Å². The molecule has 0 aliphatic carbocycles. The highest BCUT2D eigenvalue weighted by Gasteiger charge is 2.18. The van der Waals surface area contributed by atoms with E-state index in [2.05, 4.69) is 43.5 Å². The molecule has 0 bridgehead atoms. The zero-order chi connectivity index (χ0) is 50.9. The van der Waals surface area contributed by atoms with Crippen LogP contribution in [-0.4, -0.2) is 58.7 Å². The number of esters is 1. The van der Waals surface area contributed by atoms with Gasteiger partial charge in [0, 0.05) is 12.8 Å². The van der Waals surface area contributed by atoms with Crippen LogP contribution in [0, 0.1) is 0 Å². The highest BCUT2D eigenvalue weighted by atomic mass is 16.5. The van der Waals surface area contributed by atoms with Crippen LogP contribution >= 0.6 is 0 Å². The summed E-state index contributed by atoms with van der Waals surface area (Å²) in [5.74, 6) is -0.133. The van der Waals surface area contributed by atoms with Crippen molar-refractivity contribution in [1.82, 2.24) is 5.32 Å². The maximum atomic E-state index is 12.5. The van der Waals surface area contributed by atoms with Crippen LogP contribution in [-0.2, 0) is 14.3 Å². The number of allylic oxidation sites excluding steroid dienone is 4. The van der Waals surface area contributed by atoms with Crippen LogP contribution in [0.3, 0.4) is 0 Å². The van der Waals surface area contributed by atoms with E-state index in [0.29, 0.717) is 25.9 Å². The quantitative estimate of drug-likeness (QED) is 0.0274. The SMILES string of the molecule is CCCCC/C=C\C/C=C\CCCCCCCC(=O)OCCCCCCCCCCCCCCCCCCCCCCCCCCC(=O)N[C@@H](CO)[C@H](O)/C=C/[C@H](O)CCCCCCCCCCCC. The van der Waals surface area contributed by atoms with Crippen molar-refractivity contribution in [2.45, 2.75) is 340 Å². The van der Waals surface area contributed by atoms with Crippen molar-refractivity contribution in [3.8, 4) is 0 Å². The van der Waals surface area contributed by atoms with E-state index in [1.165, 1.54) is 237 Å². The molecule has 0 aromatic heterocycles. The van der Waals surface area contributed by atoms with Gasteiger partial charge < -0.3 is 25.4 Å². The summed E-state index contributed by atoms with van der Waals surface area (Å²) in [6.07, 6.45) is 69.1. The number of rotatable bonds is 57. The third-order valence-electron chi connectivity index (χ3n) is 14.2. The number of carbonyl (C=O) groups is 2. The van der Waals surface area contributed by atoms with E-state index in [0.717, 1.165) is 57.8 Å². The molecule has 70 heavy (non-hydrogen) atoms. The Labute approximate surface area is 435 Å². The van der Waals surface area contributed by atoms with E-state index >= 15 is 0 Å². The largest absolute Gasteiger partial charge is 0.466 e. The lowest BCUT2D eigenvalue weighted by atomic mass is 10.0. The minimum absolute atomic E-state index is 0.00237. The summed E-state index contributed by atoms with van der Waals surface area (Å²) < 4.78 is 5.48. The molecule has 0 aromatic carbocycles. The maximum absolute atomic E-state index is 12.5. The summed E-state index contributed by atoms with van der Waals surface area (Å²) in [4.78, 5) is 24.5. The fraction of sp³-hybridized carbons (Fsp3) is 0.873. The average molecular weight is 987 g/mol. The molecule has 7 nitrogen and oxygen atoms in total. The number of hydrogen-bond donors (Lipinski definition) is 4. The van der Waals surface area contributed by atoms with Crippen LogP contribution in [0.2, 0.25) is 0 Å². The van der Waals surface area contributed by atoms with Gasteiger partial charge >= 0.3 is 5.97 Å². The second-order valence-electron chi connectivity index (χ2n) is 21.2. The Morgan fingerprint density at radius 2 is 0.786 bits per heavy atom. The van der Waals surface area contributed by atoms with Crippen LogP contribution in [0.5, 0.6) is 0 Å². The lowest BCUT2D eigenvalue weighted by Crippen LogP contribution is -2.45. The molecular weight excluding hydrogens is 867 g/mol. The molecule has 0 rings (SSSR count). The first-order valence-electron chi connectivity index (χ1n) is 30.8. The molecular formula is C63H119NO6. The van der Waals surface area contributed by atoms with Crippen LogP contribution in [0.15, 0.2) is 36.5 Å². The van der Waals surface area contributed by atoms with Gasteiger partial charge in [-0.05, 0) is 57.8 Å². The first kappa shape index (κ1) is 68.0.